The van der Waals surface area contributed by atoms with Gasteiger partial charge in [-0.05, 0) is 0 Å². The van der Waals surface area contributed by atoms with E-state index >= 15 is 0 Å². The summed E-state index contributed by atoms with van der Waals surface area (Å²) in [5.74, 6) is -0.412. The van der Waals surface area contributed by atoms with Crippen LogP contribution in [0.1, 0.15) is 0 Å². The molecule has 0 heterocycles. The van der Waals surface area contributed by atoms with E-state index in [4.69, 9.17) is 0 Å². The molecule has 0 aromatic heterocycles. The highest BCUT2D eigenvalue weighted by Crippen LogP contribution is 2.12. The second kappa shape index (κ2) is 4.88. The van der Waals surface area contributed by atoms with Gasteiger partial charge in [-0.3, -0.25) is 0 Å². The van der Waals surface area contributed by atoms with Gasteiger partial charge in [0.25, 0.3) is 0 Å². The Labute approximate surface area is 67.2 Å². The predicted octanol–water partition coefficient (Wildman–Crippen LogP) is 0.882. The fourth-order valence-electron chi connectivity index (χ4n) is 0.795. The molecule has 0 amide bonds. The predicted molar refractivity (Wildman–Crippen MR) is 46.1 cm³/mol. The van der Waals surface area contributed by atoms with Crippen LogP contribution in [0.4, 0.5) is 0 Å². The summed E-state index contributed by atoms with van der Waals surface area (Å²) >= 11 is 0. The van der Waals surface area contributed by atoms with Gasteiger partial charge in [0, 0.05) is 5.92 Å². The fraction of sp³-hybridized carbons (Fsp3) is 0.333. The molecule has 0 aromatic carbocycles. The van der Waals surface area contributed by atoms with Crippen molar-refractivity contribution < 1.29 is 10.2 Å². The molecule has 0 aliphatic heterocycles. The lowest BCUT2D eigenvalue weighted by atomic mass is 9.96. The fourth-order valence-corrected chi connectivity index (χ4v) is 0.795. The van der Waals surface area contributed by atoms with Crippen LogP contribution in [0.15, 0.2) is 38.0 Å². The first-order valence-electron chi connectivity index (χ1n) is 3.41. The highest BCUT2D eigenvalue weighted by molar-refractivity contribution is 5.01. The first-order chi connectivity index (χ1) is 5.17. The van der Waals surface area contributed by atoms with E-state index in [1.165, 1.54) is 18.2 Å². The van der Waals surface area contributed by atoms with Crippen LogP contribution in [-0.2, 0) is 0 Å². The van der Waals surface area contributed by atoms with Crippen molar-refractivity contribution in [3.63, 3.8) is 0 Å². The Morgan fingerprint density at radius 2 is 1.18 bits per heavy atom. The molecule has 2 N–H and O–H groups in total. The molecule has 0 aromatic rings. The van der Waals surface area contributed by atoms with E-state index in [9.17, 15) is 10.2 Å². The minimum absolute atomic E-state index is 0.412. The number of hydrogen-bond donors (Lipinski definition) is 2. The van der Waals surface area contributed by atoms with E-state index in [1.54, 1.807) is 0 Å². The summed E-state index contributed by atoms with van der Waals surface area (Å²) in [4.78, 5) is 0. The summed E-state index contributed by atoms with van der Waals surface area (Å²) < 4.78 is 0. The van der Waals surface area contributed by atoms with Gasteiger partial charge in [0.2, 0.25) is 0 Å². The summed E-state index contributed by atoms with van der Waals surface area (Å²) in [6.07, 6.45) is 2.68. The Hall–Kier alpha value is -0.860. The van der Waals surface area contributed by atoms with Crippen molar-refractivity contribution in [1.82, 2.24) is 0 Å². The Balaban J connectivity index is 4.24. The molecule has 11 heavy (non-hydrogen) atoms. The molecule has 0 rings (SSSR count). The quantitative estimate of drug-likeness (QED) is 0.577. The first-order valence-corrected chi connectivity index (χ1v) is 3.41. The van der Waals surface area contributed by atoms with Crippen LogP contribution in [0.5, 0.6) is 0 Å². The van der Waals surface area contributed by atoms with Gasteiger partial charge in [0.15, 0.2) is 0 Å². The van der Waals surface area contributed by atoms with Crippen LogP contribution >= 0.6 is 0 Å². The largest absolute Gasteiger partial charge is 0.388 e. The standard InChI is InChI=1S/C9H14O2/c1-4-7(8(10)5-2)9(11)6-3/h4-11H,1-3H2. The Bertz CT molecular complexity index is 138. The molecular formula is C9H14O2. The third kappa shape index (κ3) is 2.70. The van der Waals surface area contributed by atoms with E-state index in [2.05, 4.69) is 19.7 Å². The second-order valence-corrected chi connectivity index (χ2v) is 2.27. The van der Waals surface area contributed by atoms with E-state index < -0.39 is 18.1 Å². The van der Waals surface area contributed by atoms with E-state index in [1.807, 2.05) is 0 Å². The molecule has 0 aliphatic carbocycles. The number of hydrogen-bond acceptors (Lipinski definition) is 2. The molecule has 2 heteroatoms. The average molecular weight is 154 g/mol. The molecule has 0 radical (unpaired) electrons. The minimum Gasteiger partial charge on any atom is -0.388 e. The third-order valence-electron chi connectivity index (χ3n) is 1.54. The maximum Gasteiger partial charge on any atom is 0.0808 e. The summed E-state index contributed by atoms with van der Waals surface area (Å²) in [6.45, 7) is 10.3. The lowest BCUT2D eigenvalue weighted by molar-refractivity contribution is 0.0888. The van der Waals surface area contributed by atoms with E-state index in [-0.39, 0.29) is 0 Å². The minimum atomic E-state index is -0.763. The van der Waals surface area contributed by atoms with Crippen LogP contribution < -0.4 is 0 Å². The van der Waals surface area contributed by atoms with Gasteiger partial charge in [-0.25, -0.2) is 0 Å². The van der Waals surface area contributed by atoms with Crippen molar-refractivity contribution in [2.75, 3.05) is 0 Å². The van der Waals surface area contributed by atoms with Crippen molar-refractivity contribution in [2.45, 2.75) is 12.2 Å². The first kappa shape index (κ1) is 10.1. The van der Waals surface area contributed by atoms with Gasteiger partial charge in [0.1, 0.15) is 0 Å². The molecule has 0 fully saturated rings. The van der Waals surface area contributed by atoms with Gasteiger partial charge in [-0.15, -0.1) is 19.7 Å². The Morgan fingerprint density at radius 3 is 1.36 bits per heavy atom. The third-order valence-corrected chi connectivity index (χ3v) is 1.54. The van der Waals surface area contributed by atoms with Crippen LogP contribution in [0.3, 0.4) is 0 Å². The lowest BCUT2D eigenvalue weighted by Crippen LogP contribution is -2.26. The topological polar surface area (TPSA) is 40.5 Å². The second-order valence-electron chi connectivity index (χ2n) is 2.27. The van der Waals surface area contributed by atoms with E-state index in [0.29, 0.717) is 0 Å². The zero-order valence-electron chi connectivity index (χ0n) is 6.48. The molecule has 0 bridgehead atoms. The van der Waals surface area contributed by atoms with Crippen LogP contribution in [0, 0.1) is 5.92 Å². The Morgan fingerprint density at radius 1 is 0.818 bits per heavy atom. The molecule has 2 atom stereocenters. The molecular weight excluding hydrogens is 140 g/mol. The normalized spacial score (nSPS) is 18.0. The molecule has 0 spiro atoms. The number of aliphatic hydroxyl groups is 2. The van der Waals surface area contributed by atoms with Crippen molar-refractivity contribution in [3.8, 4) is 0 Å². The SMILES string of the molecule is C=CC(O)C(C=C)C(O)C=C. The summed E-state index contributed by atoms with van der Waals surface area (Å²) in [7, 11) is 0. The molecule has 0 saturated carbocycles. The number of rotatable bonds is 5. The molecule has 0 saturated heterocycles. The zero-order chi connectivity index (χ0) is 8.85. The Kier molecular flexibility index (Phi) is 4.50. The summed E-state index contributed by atoms with van der Waals surface area (Å²) in [6, 6.07) is 0. The maximum atomic E-state index is 9.22. The smallest absolute Gasteiger partial charge is 0.0808 e. The zero-order valence-corrected chi connectivity index (χ0v) is 6.48. The van der Waals surface area contributed by atoms with Gasteiger partial charge in [-0.1, -0.05) is 18.2 Å². The molecule has 0 aliphatic rings. The van der Waals surface area contributed by atoms with Crippen molar-refractivity contribution in [1.29, 1.82) is 0 Å². The average Bonchev–Trinajstić information content (AvgIpc) is 2.05. The van der Waals surface area contributed by atoms with Gasteiger partial charge in [0.05, 0.1) is 12.2 Å². The summed E-state index contributed by atoms with van der Waals surface area (Å²) in [5, 5.41) is 18.4. The monoisotopic (exact) mass is 154 g/mol. The molecule has 62 valence electrons. The van der Waals surface area contributed by atoms with E-state index in [0.717, 1.165) is 0 Å². The maximum absolute atomic E-state index is 9.22. The lowest BCUT2D eigenvalue weighted by Gasteiger charge is -2.19. The van der Waals surface area contributed by atoms with Gasteiger partial charge < -0.3 is 10.2 Å². The van der Waals surface area contributed by atoms with Crippen LogP contribution in [0.2, 0.25) is 0 Å². The molecule has 2 unspecified atom stereocenters. The van der Waals surface area contributed by atoms with Gasteiger partial charge in [-0.2, -0.15) is 0 Å². The highest BCUT2D eigenvalue weighted by atomic mass is 16.3. The van der Waals surface area contributed by atoms with Crippen LogP contribution in [0.25, 0.3) is 0 Å². The number of aliphatic hydroxyl groups excluding tert-OH is 2. The van der Waals surface area contributed by atoms with Crippen molar-refractivity contribution in [3.05, 3.63) is 38.0 Å². The highest BCUT2D eigenvalue weighted by Gasteiger charge is 2.18. The van der Waals surface area contributed by atoms with Gasteiger partial charge >= 0.3 is 0 Å². The van der Waals surface area contributed by atoms with Crippen LogP contribution in [-0.4, -0.2) is 22.4 Å². The summed E-state index contributed by atoms with van der Waals surface area (Å²) in [5.41, 5.74) is 0. The molecule has 2 nitrogen and oxygen atoms in total. The van der Waals surface area contributed by atoms with Crippen molar-refractivity contribution in [2.24, 2.45) is 5.92 Å². The van der Waals surface area contributed by atoms with Crippen molar-refractivity contribution >= 4 is 0 Å².